The van der Waals surface area contributed by atoms with Crippen molar-refractivity contribution in [3.05, 3.63) is 33.3 Å². The lowest BCUT2D eigenvalue weighted by molar-refractivity contribution is 0.556. The van der Waals surface area contributed by atoms with Crippen molar-refractivity contribution < 1.29 is 0 Å². The average Bonchev–Trinajstić information content (AvgIpc) is 3.06. The van der Waals surface area contributed by atoms with Crippen LogP contribution >= 0.6 is 11.3 Å². The first-order valence-corrected chi connectivity index (χ1v) is 8.30. The van der Waals surface area contributed by atoms with E-state index in [9.17, 15) is 0 Å². The largest absolute Gasteiger partial charge is 0.304 e. The normalized spacial score (nSPS) is 16.1. The van der Waals surface area contributed by atoms with Crippen molar-refractivity contribution in [2.45, 2.75) is 45.1 Å². The number of hydrogen-bond donors (Lipinski definition) is 1. The van der Waals surface area contributed by atoms with E-state index in [0.717, 1.165) is 18.7 Å². The van der Waals surface area contributed by atoms with Crippen LogP contribution in [-0.2, 0) is 19.9 Å². The van der Waals surface area contributed by atoms with Crippen LogP contribution in [0.5, 0.6) is 0 Å². The van der Waals surface area contributed by atoms with Crippen LogP contribution in [0.3, 0.4) is 0 Å². The quantitative estimate of drug-likeness (QED) is 0.921. The van der Waals surface area contributed by atoms with Gasteiger partial charge in [-0.15, -0.1) is 16.4 Å². The van der Waals surface area contributed by atoms with Crippen LogP contribution < -0.4 is 5.32 Å². The summed E-state index contributed by atoms with van der Waals surface area (Å²) in [6.07, 6.45) is 8.19. The molecule has 1 unspecified atom stereocenters. The second-order valence-electron chi connectivity index (χ2n) is 5.47. The van der Waals surface area contributed by atoms with Gasteiger partial charge in [0.1, 0.15) is 0 Å². The molecule has 2 heterocycles. The van der Waals surface area contributed by atoms with E-state index in [0.29, 0.717) is 0 Å². The van der Waals surface area contributed by atoms with Crippen molar-refractivity contribution in [2.75, 3.05) is 6.54 Å². The standard InChI is InChI=1S/C15H22N4S/c1-3-8-16-15(12-10-17-18-19(12)2)14-9-11-6-4-5-7-13(11)20-14/h9-10,15-16H,3-8H2,1-2H3. The minimum atomic E-state index is 0.227. The summed E-state index contributed by atoms with van der Waals surface area (Å²) in [5, 5.41) is 11.8. The van der Waals surface area contributed by atoms with Crippen molar-refractivity contribution in [3.63, 3.8) is 0 Å². The molecule has 0 amide bonds. The predicted octanol–water partition coefficient (Wildman–Crippen LogP) is 2.84. The van der Waals surface area contributed by atoms with Crippen molar-refractivity contribution in [2.24, 2.45) is 7.05 Å². The molecule has 3 rings (SSSR count). The molecule has 1 N–H and O–H groups in total. The van der Waals surface area contributed by atoms with Crippen molar-refractivity contribution in [1.82, 2.24) is 20.3 Å². The number of fused-ring (bicyclic) bond motifs is 1. The van der Waals surface area contributed by atoms with Gasteiger partial charge in [0.15, 0.2) is 0 Å². The molecule has 0 saturated heterocycles. The third-order valence-electron chi connectivity index (χ3n) is 3.94. The molecule has 4 nitrogen and oxygen atoms in total. The zero-order chi connectivity index (χ0) is 13.9. The second-order valence-corrected chi connectivity index (χ2v) is 6.64. The average molecular weight is 290 g/mol. The van der Waals surface area contributed by atoms with Crippen LogP contribution in [0.1, 0.15) is 53.2 Å². The van der Waals surface area contributed by atoms with Crippen LogP contribution in [0.4, 0.5) is 0 Å². The Bertz CT molecular complexity index is 549. The van der Waals surface area contributed by atoms with Crippen molar-refractivity contribution in [1.29, 1.82) is 0 Å². The number of aryl methyl sites for hydroxylation is 3. The fourth-order valence-corrected chi connectivity index (χ4v) is 4.20. The minimum Gasteiger partial charge on any atom is -0.304 e. The number of aromatic nitrogens is 3. The molecule has 20 heavy (non-hydrogen) atoms. The third-order valence-corrected chi connectivity index (χ3v) is 5.25. The van der Waals surface area contributed by atoms with Gasteiger partial charge in [0.2, 0.25) is 0 Å². The van der Waals surface area contributed by atoms with Gasteiger partial charge >= 0.3 is 0 Å². The topological polar surface area (TPSA) is 42.7 Å². The third kappa shape index (κ3) is 2.65. The fraction of sp³-hybridized carbons (Fsp3) is 0.600. The van der Waals surface area contributed by atoms with Crippen molar-refractivity contribution >= 4 is 11.3 Å². The molecule has 2 aromatic rings. The molecule has 0 fully saturated rings. The van der Waals surface area contributed by atoms with E-state index in [1.807, 2.05) is 29.3 Å². The maximum atomic E-state index is 4.08. The molecule has 0 aromatic carbocycles. The Hall–Kier alpha value is -1.20. The molecule has 0 bridgehead atoms. The van der Waals surface area contributed by atoms with E-state index in [-0.39, 0.29) is 6.04 Å². The maximum absolute atomic E-state index is 4.08. The zero-order valence-electron chi connectivity index (χ0n) is 12.2. The summed E-state index contributed by atoms with van der Waals surface area (Å²) in [5.74, 6) is 0. The van der Waals surface area contributed by atoms with E-state index in [4.69, 9.17) is 0 Å². The van der Waals surface area contributed by atoms with Gasteiger partial charge in [0, 0.05) is 16.8 Å². The van der Waals surface area contributed by atoms with Gasteiger partial charge in [0.25, 0.3) is 0 Å². The van der Waals surface area contributed by atoms with E-state index in [1.165, 1.54) is 30.6 Å². The highest BCUT2D eigenvalue weighted by atomic mass is 32.1. The molecule has 0 saturated carbocycles. The number of nitrogens with zero attached hydrogens (tertiary/aromatic N) is 3. The second kappa shape index (κ2) is 6.06. The highest BCUT2D eigenvalue weighted by Gasteiger charge is 2.22. The lowest BCUT2D eigenvalue weighted by Crippen LogP contribution is -2.24. The first kappa shape index (κ1) is 13.8. The first-order chi connectivity index (χ1) is 9.79. The molecule has 2 aromatic heterocycles. The highest BCUT2D eigenvalue weighted by Crippen LogP contribution is 2.35. The number of nitrogens with one attached hydrogen (secondary N) is 1. The Morgan fingerprint density at radius 3 is 2.95 bits per heavy atom. The Labute approximate surface area is 124 Å². The van der Waals surface area contributed by atoms with E-state index in [1.54, 1.807) is 10.4 Å². The summed E-state index contributed by atoms with van der Waals surface area (Å²) in [6.45, 7) is 3.21. The van der Waals surface area contributed by atoms with Gasteiger partial charge < -0.3 is 5.32 Å². The molecule has 0 radical (unpaired) electrons. The molecular formula is C15H22N4S. The summed E-state index contributed by atoms with van der Waals surface area (Å²) in [7, 11) is 1.97. The highest BCUT2D eigenvalue weighted by molar-refractivity contribution is 7.12. The molecule has 0 aliphatic heterocycles. The van der Waals surface area contributed by atoms with Crippen LogP contribution in [-0.4, -0.2) is 21.5 Å². The monoisotopic (exact) mass is 290 g/mol. The minimum absolute atomic E-state index is 0.227. The first-order valence-electron chi connectivity index (χ1n) is 7.49. The number of thiophene rings is 1. The lowest BCUT2D eigenvalue weighted by atomic mass is 9.98. The number of hydrogen-bond acceptors (Lipinski definition) is 4. The summed E-state index contributed by atoms with van der Waals surface area (Å²) in [4.78, 5) is 3.00. The lowest BCUT2D eigenvalue weighted by Gasteiger charge is -2.16. The molecular weight excluding hydrogens is 268 g/mol. The van der Waals surface area contributed by atoms with Gasteiger partial charge in [0.05, 0.1) is 17.9 Å². The summed E-state index contributed by atoms with van der Waals surface area (Å²) in [5.41, 5.74) is 2.71. The Balaban J connectivity index is 1.92. The Morgan fingerprint density at radius 2 is 2.25 bits per heavy atom. The summed E-state index contributed by atoms with van der Waals surface area (Å²) in [6, 6.07) is 2.63. The predicted molar refractivity (Wildman–Crippen MR) is 82.1 cm³/mol. The van der Waals surface area contributed by atoms with Gasteiger partial charge in [-0.2, -0.15) is 0 Å². The van der Waals surface area contributed by atoms with E-state index in [2.05, 4.69) is 28.6 Å². The van der Waals surface area contributed by atoms with Crippen LogP contribution in [0.15, 0.2) is 12.3 Å². The molecule has 108 valence electrons. The smallest absolute Gasteiger partial charge is 0.0858 e. The van der Waals surface area contributed by atoms with Gasteiger partial charge in [-0.1, -0.05) is 12.1 Å². The molecule has 1 atom stereocenters. The van der Waals surface area contributed by atoms with Gasteiger partial charge in [-0.05, 0) is 50.3 Å². The van der Waals surface area contributed by atoms with Gasteiger partial charge in [-0.3, -0.25) is 4.68 Å². The molecule has 1 aliphatic rings. The zero-order valence-corrected chi connectivity index (χ0v) is 13.0. The Kier molecular flexibility index (Phi) is 4.17. The van der Waals surface area contributed by atoms with E-state index >= 15 is 0 Å². The maximum Gasteiger partial charge on any atom is 0.0858 e. The molecule has 1 aliphatic carbocycles. The molecule has 0 spiro atoms. The summed E-state index contributed by atoms with van der Waals surface area (Å²) < 4.78 is 1.88. The van der Waals surface area contributed by atoms with E-state index < -0.39 is 0 Å². The van der Waals surface area contributed by atoms with Crippen molar-refractivity contribution in [3.8, 4) is 0 Å². The fourth-order valence-electron chi connectivity index (χ4n) is 2.85. The van der Waals surface area contributed by atoms with Crippen LogP contribution in [0.2, 0.25) is 0 Å². The summed E-state index contributed by atoms with van der Waals surface area (Å²) >= 11 is 1.97. The van der Waals surface area contributed by atoms with Crippen LogP contribution in [0, 0.1) is 0 Å². The van der Waals surface area contributed by atoms with Crippen LogP contribution in [0.25, 0.3) is 0 Å². The number of rotatable bonds is 5. The van der Waals surface area contributed by atoms with Gasteiger partial charge in [-0.25, -0.2) is 0 Å². The SMILES string of the molecule is CCCNC(c1cc2c(s1)CCCC2)c1cnnn1C. The molecule has 5 heteroatoms. The Morgan fingerprint density at radius 1 is 1.40 bits per heavy atom.